The van der Waals surface area contributed by atoms with E-state index in [1.54, 1.807) is 0 Å². The minimum absolute atomic E-state index is 0.139. The van der Waals surface area contributed by atoms with Crippen molar-refractivity contribution < 1.29 is 41.7 Å². The van der Waals surface area contributed by atoms with Crippen molar-refractivity contribution in [3.8, 4) is 5.75 Å². The van der Waals surface area contributed by atoms with E-state index in [1.165, 1.54) is 0 Å². The van der Waals surface area contributed by atoms with Gasteiger partial charge in [-0.3, -0.25) is 0 Å². The van der Waals surface area contributed by atoms with E-state index in [9.17, 15) is 22.8 Å². The zero-order valence-electron chi connectivity index (χ0n) is 13.6. The average Bonchev–Trinajstić information content (AvgIpc) is 2.63. The second kappa shape index (κ2) is 8.41. The highest BCUT2D eigenvalue weighted by molar-refractivity contribution is 9.10. The summed E-state index contributed by atoms with van der Waals surface area (Å²) in [6.45, 7) is -3.83. The number of methoxy groups -OCH3 is 2. The SMILES string of the molecule is COC(=O)C1=C(C(=O)OC)N(c2ccc(F)c(Br)c2OC(F)F)COC1. The second-order valence-corrected chi connectivity index (χ2v) is 5.60. The third-order valence-electron chi connectivity index (χ3n) is 3.36. The number of nitrogens with zero attached hydrogens (tertiary/aromatic N) is 1. The van der Waals surface area contributed by atoms with Gasteiger partial charge in [0.1, 0.15) is 18.2 Å². The molecule has 0 aromatic heterocycles. The lowest BCUT2D eigenvalue weighted by molar-refractivity contribution is -0.140. The van der Waals surface area contributed by atoms with E-state index in [0.717, 1.165) is 31.3 Å². The number of esters is 2. The molecule has 0 spiro atoms. The van der Waals surface area contributed by atoms with Crippen LogP contribution in [0.1, 0.15) is 0 Å². The van der Waals surface area contributed by atoms with Crippen LogP contribution < -0.4 is 9.64 Å². The van der Waals surface area contributed by atoms with Crippen LogP contribution in [0.2, 0.25) is 0 Å². The van der Waals surface area contributed by atoms with Crippen molar-refractivity contribution in [3.63, 3.8) is 0 Å². The average molecular weight is 440 g/mol. The van der Waals surface area contributed by atoms with Crippen molar-refractivity contribution in [3.05, 3.63) is 33.7 Å². The largest absolute Gasteiger partial charge is 0.466 e. The van der Waals surface area contributed by atoms with Crippen LogP contribution in [0.25, 0.3) is 0 Å². The Hall–Kier alpha value is -2.27. The van der Waals surface area contributed by atoms with Crippen LogP contribution in [0.5, 0.6) is 5.75 Å². The van der Waals surface area contributed by atoms with Gasteiger partial charge in [0, 0.05) is 0 Å². The predicted molar refractivity (Wildman–Crippen MR) is 85.1 cm³/mol. The molecule has 26 heavy (non-hydrogen) atoms. The number of anilines is 1. The number of benzene rings is 1. The summed E-state index contributed by atoms with van der Waals surface area (Å²) in [6, 6.07) is 2.07. The molecule has 1 aliphatic rings. The maximum atomic E-state index is 13.8. The second-order valence-electron chi connectivity index (χ2n) is 4.80. The van der Waals surface area contributed by atoms with E-state index in [2.05, 4.69) is 30.1 Å². The molecule has 0 N–H and O–H groups in total. The van der Waals surface area contributed by atoms with Gasteiger partial charge in [-0.25, -0.2) is 14.0 Å². The first-order valence-electron chi connectivity index (χ1n) is 6.99. The maximum Gasteiger partial charge on any atom is 0.387 e. The molecule has 0 unspecified atom stereocenters. The molecule has 142 valence electrons. The predicted octanol–water partition coefficient (Wildman–Crippen LogP) is 2.58. The highest BCUT2D eigenvalue weighted by Gasteiger charge is 2.34. The Morgan fingerprint density at radius 3 is 2.46 bits per heavy atom. The molecule has 1 aromatic carbocycles. The quantitative estimate of drug-likeness (QED) is 0.652. The summed E-state index contributed by atoms with van der Waals surface area (Å²) >= 11 is 2.83. The normalized spacial score (nSPS) is 14.5. The molecule has 1 heterocycles. The van der Waals surface area contributed by atoms with Crippen molar-refractivity contribution in [1.29, 1.82) is 0 Å². The number of carbonyl (C=O) groups is 2. The third kappa shape index (κ3) is 3.93. The summed E-state index contributed by atoms with van der Waals surface area (Å²) in [5.41, 5.74) is -0.614. The van der Waals surface area contributed by atoms with Crippen LogP contribution in [0.3, 0.4) is 0 Å². The monoisotopic (exact) mass is 439 g/mol. The van der Waals surface area contributed by atoms with Crippen LogP contribution in [0.15, 0.2) is 27.9 Å². The number of hydrogen-bond acceptors (Lipinski definition) is 7. The Kier molecular flexibility index (Phi) is 6.48. The first-order chi connectivity index (χ1) is 12.3. The minimum Gasteiger partial charge on any atom is -0.466 e. The van der Waals surface area contributed by atoms with E-state index in [-0.39, 0.29) is 34.8 Å². The van der Waals surface area contributed by atoms with Crippen LogP contribution >= 0.6 is 15.9 Å². The fourth-order valence-electron chi connectivity index (χ4n) is 2.27. The van der Waals surface area contributed by atoms with Crippen molar-refractivity contribution in [2.24, 2.45) is 0 Å². The van der Waals surface area contributed by atoms with Gasteiger partial charge in [0.25, 0.3) is 0 Å². The Labute approximate surface area is 154 Å². The molecule has 0 aliphatic carbocycles. The number of alkyl halides is 2. The maximum absolute atomic E-state index is 13.8. The Bertz CT molecular complexity index is 755. The summed E-state index contributed by atoms with van der Waals surface area (Å²) in [4.78, 5) is 25.2. The molecule has 1 aliphatic heterocycles. The van der Waals surface area contributed by atoms with Gasteiger partial charge in [-0.1, -0.05) is 0 Å². The van der Waals surface area contributed by atoms with Crippen molar-refractivity contribution in [1.82, 2.24) is 0 Å². The van der Waals surface area contributed by atoms with Crippen molar-refractivity contribution >= 4 is 33.6 Å². The molecule has 0 saturated carbocycles. The van der Waals surface area contributed by atoms with Crippen molar-refractivity contribution in [2.45, 2.75) is 6.61 Å². The summed E-state index contributed by atoms with van der Waals surface area (Å²) in [5.74, 6) is -3.24. The zero-order valence-corrected chi connectivity index (χ0v) is 15.1. The lowest BCUT2D eigenvalue weighted by atomic mass is 10.1. The van der Waals surface area contributed by atoms with E-state index < -0.39 is 30.1 Å². The molecule has 0 bridgehead atoms. The fraction of sp³-hybridized carbons (Fsp3) is 0.333. The Morgan fingerprint density at radius 2 is 1.88 bits per heavy atom. The first kappa shape index (κ1) is 20.0. The first-order valence-corrected chi connectivity index (χ1v) is 7.79. The molecule has 2 rings (SSSR count). The molecule has 0 radical (unpaired) electrons. The van der Waals surface area contributed by atoms with Gasteiger partial charge >= 0.3 is 18.6 Å². The number of hydrogen-bond donors (Lipinski definition) is 0. The summed E-state index contributed by atoms with van der Waals surface area (Å²) in [5, 5.41) is 0. The van der Waals surface area contributed by atoms with Gasteiger partial charge in [-0.15, -0.1) is 0 Å². The number of halogens is 4. The van der Waals surface area contributed by atoms with Gasteiger partial charge < -0.3 is 23.8 Å². The molecule has 7 nitrogen and oxygen atoms in total. The molecular weight excluding hydrogens is 427 g/mol. The third-order valence-corrected chi connectivity index (χ3v) is 4.10. The van der Waals surface area contributed by atoms with Crippen molar-refractivity contribution in [2.75, 3.05) is 32.5 Å². The molecule has 0 amide bonds. The van der Waals surface area contributed by atoms with Crippen LogP contribution in [-0.2, 0) is 23.8 Å². The number of carbonyl (C=O) groups excluding carboxylic acids is 2. The topological polar surface area (TPSA) is 74.3 Å². The van der Waals surface area contributed by atoms with E-state index in [0.29, 0.717) is 0 Å². The molecule has 1 aromatic rings. The lowest BCUT2D eigenvalue weighted by Crippen LogP contribution is -2.39. The van der Waals surface area contributed by atoms with E-state index in [1.807, 2.05) is 0 Å². The fourth-order valence-corrected chi connectivity index (χ4v) is 2.70. The van der Waals surface area contributed by atoms with Crippen LogP contribution in [-0.4, -0.2) is 46.1 Å². The highest BCUT2D eigenvalue weighted by atomic mass is 79.9. The Morgan fingerprint density at radius 1 is 1.23 bits per heavy atom. The van der Waals surface area contributed by atoms with Gasteiger partial charge in [0.2, 0.25) is 0 Å². The standard InChI is InChI=1S/C15H13BrF3NO6/c1-23-13(21)7-5-25-6-20(11(7)14(22)24-2)9-4-3-8(17)10(16)12(9)26-15(18)19/h3-4,15H,5-6H2,1-2H3. The van der Waals surface area contributed by atoms with E-state index in [4.69, 9.17) is 4.74 Å². The number of ether oxygens (including phenoxy) is 4. The summed E-state index contributed by atoms with van der Waals surface area (Å²) < 4.78 is 57.8. The summed E-state index contributed by atoms with van der Waals surface area (Å²) in [7, 11) is 2.18. The molecular formula is C15H13BrF3NO6. The van der Waals surface area contributed by atoms with Gasteiger partial charge in [-0.2, -0.15) is 8.78 Å². The minimum atomic E-state index is -3.26. The van der Waals surface area contributed by atoms with Crippen LogP contribution in [0, 0.1) is 5.82 Å². The van der Waals surface area contributed by atoms with Gasteiger partial charge in [0.05, 0.1) is 36.6 Å². The molecule has 0 atom stereocenters. The lowest BCUT2D eigenvalue weighted by Gasteiger charge is -2.32. The highest BCUT2D eigenvalue weighted by Crippen LogP contribution is 2.41. The van der Waals surface area contributed by atoms with E-state index >= 15 is 0 Å². The van der Waals surface area contributed by atoms with Gasteiger partial charge in [-0.05, 0) is 28.1 Å². The smallest absolute Gasteiger partial charge is 0.387 e. The Balaban J connectivity index is 2.67. The molecule has 11 heteroatoms. The zero-order chi connectivity index (χ0) is 19.4. The van der Waals surface area contributed by atoms with Crippen LogP contribution in [0.4, 0.5) is 18.9 Å². The van der Waals surface area contributed by atoms with Gasteiger partial charge in [0.15, 0.2) is 5.75 Å². The number of rotatable bonds is 5. The molecule has 0 fully saturated rings. The molecule has 0 saturated heterocycles. The summed E-state index contributed by atoms with van der Waals surface area (Å²) in [6.07, 6.45) is 0.